The number of hydrogen-bond acceptors (Lipinski definition) is 6. The number of carbonyl (C=O) groups is 1. The number of benzene rings is 2. The Bertz CT molecular complexity index is 1540. The fourth-order valence-corrected chi connectivity index (χ4v) is 4.52. The number of aromatic nitrogens is 2. The van der Waals surface area contributed by atoms with Gasteiger partial charge in [0.2, 0.25) is 0 Å². The van der Waals surface area contributed by atoms with Crippen molar-refractivity contribution in [2.24, 2.45) is 0 Å². The number of furan rings is 1. The Morgan fingerprint density at radius 1 is 0.914 bits per heavy atom. The molecule has 35 heavy (non-hydrogen) atoms. The van der Waals surface area contributed by atoms with Gasteiger partial charge in [-0.15, -0.1) is 0 Å². The number of rotatable bonds is 4. The molecule has 7 nitrogen and oxygen atoms in total. The maximum atomic E-state index is 13.4. The zero-order valence-corrected chi connectivity index (χ0v) is 19.3. The molecule has 0 radical (unpaired) electrons. The van der Waals surface area contributed by atoms with Crippen molar-refractivity contribution in [3.05, 3.63) is 84.1 Å². The topological polar surface area (TPSA) is 80.5 Å². The van der Waals surface area contributed by atoms with Crippen LogP contribution in [0.5, 0.6) is 0 Å². The molecule has 0 spiro atoms. The van der Waals surface area contributed by atoms with Gasteiger partial charge in [-0.1, -0.05) is 18.2 Å². The highest BCUT2D eigenvalue weighted by Crippen LogP contribution is 2.28. The number of nitrogens with one attached hydrogen (secondary N) is 1. The average molecular weight is 465 g/mol. The molecule has 1 amide bonds. The minimum atomic E-state index is -0.202. The summed E-state index contributed by atoms with van der Waals surface area (Å²) in [5, 5.41) is 4.86. The Morgan fingerprint density at radius 2 is 1.74 bits per heavy atom. The van der Waals surface area contributed by atoms with Gasteiger partial charge in [-0.3, -0.25) is 4.79 Å². The van der Waals surface area contributed by atoms with Crippen LogP contribution in [-0.2, 0) is 4.74 Å². The van der Waals surface area contributed by atoms with Gasteiger partial charge in [0.25, 0.3) is 5.91 Å². The van der Waals surface area contributed by atoms with Crippen LogP contribution >= 0.6 is 0 Å². The fraction of sp³-hybridized carbons (Fsp3) is 0.179. The number of fused-ring (bicyclic) bond motifs is 2. The Hall–Kier alpha value is -4.23. The molecule has 0 unspecified atom stereocenters. The number of amides is 1. The van der Waals surface area contributed by atoms with Crippen LogP contribution < -0.4 is 10.2 Å². The predicted molar refractivity (Wildman–Crippen MR) is 137 cm³/mol. The minimum Gasteiger partial charge on any atom is -0.463 e. The number of pyridine rings is 2. The second-order valence-electron chi connectivity index (χ2n) is 8.63. The van der Waals surface area contributed by atoms with E-state index in [0.717, 1.165) is 59.5 Å². The number of morpholine rings is 1. The van der Waals surface area contributed by atoms with Crippen LogP contribution in [0.2, 0.25) is 0 Å². The van der Waals surface area contributed by atoms with Crippen LogP contribution in [-0.4, -0.2) is 42.2 Å². The lowest BCUT2D eigenvalue weighted by molar-refractivity contribution is 0.102. The molecule has 5 aromatic rings. The summed E-state index contributed by atoms with van der Waals surface area (Å²) in [6.45, 7) is 5.19. The Balaban J connectivity index is 1.34. The van der Waals surface area contributed by atoms with Crippen molar-refractivity contribution < 1.29 is 13.9 Å². The van der Waals surface area contributed by atoms with Crippen molar-refractivity contribution >= 4 is 39.2 Å². The van der Waals surface area contributed by atoms with Crippen molar-refractivity contribution in [1.82, 2.24) is 9.97 Å². The standard InChI is InChI=1S/C28H24N4O3/c1-18-15-27(32-10-13-34-14-11-32)31-24-9-8-19(16-21(18)24)29-28(33)22-17-25(26-7-4-12-35-26)30-23-6-3-2-5-20(22)23/h2-9,12,15-17H,10-11,13-14H2,1H3,(H,29,33). The Morgan fingerprint density at radius 3 is 2.57 bits per heavy atom. The van der Waals surface area contributed by atoms with Gasteiger partial charge in [0.1, 0.15) is 11.5 Å². The maximum Gasteiger partial charge on any atom is 0.256 e. The highest BCUT2D eigenvalue weighted by atomic mass is 16.5. The van der Waals surface area contributed by atoms with Crippen LogP contribution in [0.15, 0.2) is 77.4 Å². The van der Waals surface area contributed by atoms with E-state index in [1.165, 1.54) is 0 Å². The lowest BCUT2D eigenvalue weighted by Gasteiger charge is -2.28. The molecule has 1 aliphatic heterocycles. The summed E-state index contributed by atoms with van der Waals surface area (Å²) < 4.78 is 11.0. The lowest BCUT2D eigenvalue weighted by Crippen LogP contribution is -2.36. The molecular weight excluding hydrogens is 440 g/mol. The monoisotopic (exact) mass is 464 g/mol. The van der Waals surface area contributed by atoms with Gasteiger partial charge >= 0.3 is 0 Å². The second-order valence-corrected chi connectivity index (χ2v) is 8.63. The number of hydrogen-bond donors (Lipinski definition) is 1. The summed E-state index contributed by atoms with van der Waals surface area (Å²) >= 11 is 0. The molecular formula is C28H24N4O3. The number of ether oxygens (including phenoxy) is 1. The van der Waals surface area contributed by atoms with E-state index in [0.29, 0.717) is 22.7 Å². The molecule has 4 heterocycles. The van der Waals surface area contributed by atoms with Crippen LogP contribution in [0.1, 0.15) is 15.9 Å². The van der Waals surface area contributed by atoms with Crippen LogP contribution in [0.4, 0.5) is 11.5 Å². The number of aryl methyl sites for hydroxylation is 1. The van der Waals surface area contributed by atoms with Crippen molar-refractivity contribution in [3.63, 3.8) is 0 Å². The third kappa shape index (κ3) is 4.11. The van der Waals surface area contributed by atoms with Gasteiger partial charge < -0.3 is 19.4 Å². The normalized spacial score (nSPS) is 13.9. The highest BCUT2D eigenvalue weighted by Gasteiger charge is 2.17. The number of para-hydroxylation sites is 1. The van der Waals surface area contributed by atoms with Crippen molar-refractivity contribution in [2.75, 3.05) is 36.5 Å². The summed E-state index contributed by atoms with van der Waals surface area (Å²) in [4.78, 5) is 25.2. The first-order valence-corrected chi connectivity index (χ1v) is 11.6. The lowest BCUT2D eigenvalue weighted by atomic mass is 10.1. The predicted octanol–water partition coefficient (Wildman–Crippen LogP) is 5.44. The van der Waals surface area contributed by atoms with Gasteiger partial charge in [0.05, 0.1) is 36.1 Å². The van der Waals surface area contributed by atoms with E-state index >= 15 is 0 Å². The van der Waals surface area contributed by atoms with Gasteiger partial charge in [0, 0.05) is 29.5 Å². The third-order valence-electron chi connectivity index (χ3n) is 6.33. The first-order valence-electron chi connectivity index (χ1n) is 11.6. The first kappa shape index (κ1) is 21.3. The summed E-state index contributed by atoms with van der Waals surface area (Å²) in [7, 11) is 0. The van der Waals surface area contributed by atoms with E-state index in [9.17, 15) is 4.79 Å². The van der Waals surface area contributed by atoms with Gasteiger partial charge in [0.15, 0.2) is 5.76 Å². The molecule has 174 valence electrons. The maximum absolute atomic E-state index is 13.4. The zero-order valence-electron chi connectivity index (χ0n) is 19.3. The van der Waals surface area contributed by atoms with E-state index in [1.807, 2.05) is 54.6 Å². The van der Waals surface area contributed by atoms with Gasteiger partial charge in [-0.25, -0.2) is 9.97 Å². The van der Waals surface area contributed by atoms with Crippen LogP contribution in [0, 0.1) is 6.92 Å². The number of carbonyl (C=O) groups excluding carboxylic acids is 1. The molecule has 0 aliphatic carbocycles. The number of anilines is 2. The van der Waals surface area contributed by atoms with E-state index in [1.54, 1.807) is 12.3 Å². The van der Waals surface area contributed by atoms with Crippen molar-refractivity contribution in [1.29, 1.82) is 0 Å². The highest BCUT2D eigenvalue weighted by molar-refractivity contribution is 6.13. The third-order valence-corrected chi connectivity index (χ3v) is 6.33. The molecule has 3 aromatic heterocycles. The molecule has 0 atom stereocenters. The largest absolute Gasteiger partial charge is 0.463 e. The molecule has 1 aliphatic rings. The number of nitrogens with zero attached hydrogens (tertiary/aromatic N) is 3. The SMILES string of the molecule is Cc1cc(N2CCOCC2)nc2ccc(NC(=O)c3cc(-c4ccco4)nc4ccccc34)cc12. The Labute approximate surface area is 202 Å². The molecule has 1 fully saturated rings. The van der Waals surface area contributed by atoms with E-state index < -0.39 is 0 Å². The molecule has 7 heteroatoms. The van der Waals surface area contributed by atoms with Gasteiger partial charge in [-0.05, 0) is 61.0 Å². The quantitative estimate of drug-likeness (QED) is 0.381. The molecule has 1 N–H and O–H groups in total. The average Bonchev–Trinajstić information content (AvgIpc) is 3.44. The van der Waals surface area contributed by atoms with Crippen LogP contribution in [0.3, 0.4) is 0 Å². The molecule has 0 saturated carbocycles. The Kier molecular flexibility index (Phi) is 5.39. The molecule has 0 bridgehead atoms. The molecule has 1 saturated heterocycles. The summed E-state index contributed by atoms with van der Waals surface area (Å²) in [5.74, 6) is 1.38. The smallest absolute Gasteiger partial charge is 0.256 e. The zero-order chi connectivity index (χ0) is 23.8. The summed E-state index contributed by atoms with van der Waals surface area (Å²) in [6, 6.07) is 21.0. The molecule has 2 aromatic carbocycles. The van der Waals surface area contributed by atoms with Gasteiger partial charge in [-0.2, -0.15) is 0 Å². The first-order chi connectivity index (χ1) is 17.2. The van der Waals surface area contributed by atoms with E-state index in [2.05, 4.69) is 28.2 Å². The second kappa shape index (κ2) is 8.85. The van der Waals surface area contributed by atoms with Crippen molar-refractivity contribution in [2.45, 2.75) is 6.92 Å². The fourth-order valence-electron chi connectivity index (χ4n) is 4.52. The van der Waals surface area contributed by atoms with E-state index in [-0.39, 0.29) is 5.91 Å². The summed E-state index contributed by atoms with van der Waals surface area (Å²) in [5.41, 5.74) is 4.63. The minimum absolute atomic E-state index is 0.202. The van der Waals surface area contributed by atoms with Crippen LogP contribution in [0.25, 0.3) is 33.3 Å². The summed E-state index contributed by atoms with van der Waals surface area (Å²) in [6.07, 6.45) is 1.60. The molecule has 6 rings (SSSR count). The van der Waals surface area contributed by atoms with E-state index in [4.69, 9.17) is 14.1 Å². The van der Waals surface area contributed by atoms with Crippen molar-refractivity contribution in [3.8, 4) is 11.5 Å².